The molecule has 2 spiro atoms. The van der Waals surface area contributed by atoms with Crippen LogP contribution in [0.1, 0.15) is 12.8 Å². The van der Waals surface area contributed by atoms with Gasteiger partial charge in [0.2, 0.25) is 0 Å². The molecule has 5 aliphatic rings. The number of nitrogens with one attached hydrogen (secondary N) is 1. The largest absolute Gasteiger partial charge is 0.380 e. The van der Waals surface area contributed by atoms with Crippen molar-refractivity contribution in [2.45, 2.75) is 18.6 Å². The van der Waals surface area contributed by atoms with Gasteiger partial charge in [0, 0.05) is 19.0 Å². The number of ether oxygens (including phenoxy) is 2. The van der Waals surface area contributed by atoms with Crippen LogP contribution in [0.2, 0.25) is 0 Å². The normalized spacial score (nSPS) is 49.5. The van der Waals surface area contributed by atoms with Crippen LogP contribution in [-0.4, -0.2) is 56.6 Å². The highest BCUT2D eigenvalue weighted by molar-refractivity contribution is 5.03. The third kappa shape index (κ3) is 1.24. The van der Waals surface area contributed by atoms with Crippen LogP contribution >= 0.6 is 0 Å². The monoisotopic (exact) mass is 224 g/mol. The Bertz CT molecular complexity index is 285. The van der Waals surface area contributed by atoms with Gasteiger partial charge in [0.1, 0.15) is 5.72 Å². The molecular formula is C12H20N2O2. The fraction of sp³-hybridized carbons (Fsp3) is 1.00. The summed E-state index contributed by atoms with van der Waals surface area (Å²) in [7, 11) is 0. The van der Waals surface area contributed by atoms with Crippen LogP contribution < -0.4 is 5.32 Å². The Morgan fingerprint density at radius 2 is 1.94 bits per heavy atom. The summed E-state index contributed by atoms with van der Waals surface area (Å²) >= 11 is 0. The molecule has 0 aromatic heterocycles. The Labute approximate surface area is 96.3 Å². The second kappa shape index (κ2) is 3.19. The van der Waals surface area contributed by atoms with E-state index in [9.17, 15) is 0 Å². The van der Waals surface area contributed by atoms with E-state index < -0.39 is 0 Å². The first-order valence-electron chi connectivity index (χ1n) is 6.50. The van der Waals surface area contributed by atoms with E-state index in [1.165, 1.54) is 25.9 Å². The second-order valence-corrected chi connectivity index (χ2v) is 6.07. The molecule has 5 rings (SSSR count). The molecule has 5 aliphatic heterocycles. The molecular weight excluding hydrogens is 204 g/mol. The molecule has 0 radical (unpaired) electrons. The maximum absolute atomic E-state index is 6.27. The van der Waals surface area contributed by atoms with Crippen LogP contribution in [0, 0.1) is 11.3 Å². The van der Waals surface area contributed by atoms with Gasteiger partial charge in [-0.3, -0.25) is 10.2 Å². The highest BCUT2D eigenvalue weighted by Crippen LogP contribution is 2.41. The van der Waals surface area contributed by atoms with Crippen LogP contribution in [0.15, 0.2) is 0 Å². The lowest BCUT2D eigenvalue weighted by Gasteiger charge is -2.58. The average molecular weight is 224 g/mol. The van der Waals surface area contributed by atoms with Crippen molar-refractivity contribution in [3.63, 3.8) is 0 Å². The molecule has 0 saturated carbocycles. The number of hydrogen-bond donors (Lipinski definition) is 1. The van der Waals surface area contributed by atoms with Crippen molar-refractivity contribution >= 4 is 0 Å². The van der Waals surface area contributed by atoms with Crippen LogP contribution in [0.5, 0.6) is 0 Å². The molecule has 0 aromatic rings. The number of piperidine rings is 3. The Morgan fingerprint density at radius 3 is 2.38 bits per heavy atom. The van der Waals surface area contributed by atoms with Gasteiger partial charge in [-0.1, -0.05) is 0 Å². The van der Waals surface area contributed by atoms with Crippen LogP contribution in [0.3, 0.4) is 0 Å². The Morgan fingerprint density at radius 1 is 1.12 bits per heavy atom. The average Bonchev–Trinajstić information content (AvgIpc) is 2.29. The second-order valence-electron chi connectivity index (χ2n) is 6.07. The molecule has 5 fully saturated rings. The summed E-state index contributed by atoms with van der Waals surface area (Å²) < 4.78 is 11.6. The molecule has 0 amide bonds. The summed E-state index contributed by atoms with van der Waals surface area (Å²) in [5, 5.41) is 3.71. The lowest BCUT2D eigenvalue weighted by molar-refractivity contribution is -0.258. The third-order valence-electron chi connectivity index (χ3n) is 4.92. The minimum atomic E-state index is -0.0165. The lowest BCUT2D eigenvalue weighted by Crippen LogP contribution is -2.73. The predicted molar refractivity (Wildman–Crippen MR) is 59.1 cm³/mol. The molecule has 4 heteroatoms. The number of nitrogens with zero attached hydrogens (tertiary/aromatic N) is 1. The summed E-state index contributed by atoms with van der Waals surface area (Å²) in [6, 6.07) is 0. The van der Waals surface area contributed by atoms with E-state index in [0.29, 0.717) is 5.41 Å². The molecule has 16 heavy (non-hydrogen) atoms. The highest BCUT2D eigenvalue weighted by Gasteiger charge is 2.54. The molecule has 0 aromatic carbocycles. The van der Waals surface area contributed by atoms with Crippen molar-refractivity contribution in [2.24, 2.45) is 11.3 Å². The number of fused-ring (bicyclic) bond motifs is 2. The first-order chi connectivity index (χ1) is 7.80. The minimum absolute atomic E-state index is 0.0165. The van der Waals surface area contributed by atoms with Gasteiger partial charge in [0.15, 0.2) is 0 Å². The van der Waals surface area contributed by atoms with Crippen molar-refractivity contribution in [1.29, 1.82) is 0 Å². The van der Waals surface area contributed by atoms with Gasteiger partial charge >= 0.3 is 0 Å². The molecule has 1 unspecified atom stereocenters. The van der Waals surface area contributed by atoms with E-state index in [1.54, 1.807) is 0 Å². The summed E-state index contributed by atoms with van der Waals surface area (Å²) in [6.07, 6.45) is 2.60. The van der Waals surface area contributed by atoms with Crippen LogP contribution in [0.4, 0.5) is 0 Å². The van der Waals surface area contributed by atoms with Gasteiger partial charge in [-0.2, -0.15) is 0 Å². The summed E-state index contributed by atoms with van der Waals surface area (Å²) in [4.78, 5) is 2.54. The van der Waals surface area contributed by atoms with Gasteiger partial charge in [-0.05, 0) is 25.9 Å². The van der Waals surface area contributed by atoms with Crippen LogP contribution in [0.25, 0.3) is 0 Å². The molecule has 90 valence electrons. The van der Waals surface area contributed by atoms with E-state index in [-0.39, 0.29) is 5.72 Å². The smallest absolute Gasteiger partial charge is 0.134 e. The van der Waals surface area contributed by atoms with Crippen molar-refractivity contribution in [3.05, 3.63) is 0 Å². The molecule has 2 bridgehead atoms. The van der Waals surface area contributed by atoms with E-state index in [1.807, 2.05) is 0 Å². The molecule has 1 atom stereocenters. The lowest BCUT2D eigenvalue weighted by atomic mass is 9.77. The van der Waals surface area contributed by atoms with Crippen molar-refractivity contribution in [3.8, 4) is 0 Å². The van der Waals surface area contributed by atoms with E-state index >= 15 is 0 Å². The van der Waals surface area contributed by atoms with Crippen molar-refractivity contribution in [2.75, 3.05) is 46.0 Å². The Hall–Kier alpha value is -0.160. The maximum Gasteiger partial charge on any atom is 0.134 e. The zero-order chi connectivity index (χ0) is 10.6. The number of rotatable bonds is 0. The fourth-order valence-corrected chi connectivity index (χ4v) is 3.68. The van der Waals surface area contributed by atoms with Gasteiger partial charge in [-0.25, -0.2) is 0 Å². The highest BCUT2D eigenvalue weighted by atomic mass is 16.5. The molecule has 4 nitrogen and oxygen atoms in total. The summed E-state index contributed by atoms with van der Waals surface area (Å²) in [6.45, 7) is 7.36. The SMILES string of the molecule is C1CN2CCC1C1(C2)NCC2(COC2)CO1. The van der Waals surface area contributed by atoms with E-state index in [4.69, 9.17) is 9.47 Å². The van der Waals surface area contributed by atoms with Crippen LogP contribution in [-0.2, 0) is 9.47 Å². The predicted octanol–water partition coefficient (Wildman–Crippen LogP) is 0.0447. The third-order valence-corrected chi connectivity index (χ3v) is 4.92. The molecule has 1 N–H and O–H groups in total. The maximum atomic E-state index is 6.27. The first kappa shape index (κ1) is 9.83. The minimum Gasteiger partial charge on any atom is -0.380 e. The zero-order valence-corrected chi connectivity index (χ0v) is 9.71. The topological polar surface area (TPSA) is 33.7 Å². The zero-order valence-electron chi connectivity index (χ0n) is 9.71. The quantitative estimate of drug-likeness (QED) is 0.630. The fourth-order valence-electron chi connectivity index (χ4n) is 3.68. The van der Waals surface area contributed by atoms with E-state index in [0.717, 1.165) is 38.8 Å². The number of hydrogen-bond acceptors (Lipinski definition) is 4. The van der Waals surface area contributed by atoms with E-state index in [2.05, 4.69) is 10.2 Å². The molecule has 5 heterocycles. The standard InChI is InChI=1S/C12H20N2O2/c1-3-14-4-2-10(1)12(6-14)13-5-11(9-16-12)7-15-8-11/h10,13H,1-9H2. The Balaban J connectivity index is 1.52. The first-order valence-corrected chi connectivity index (χ1v) is 6.50. The van der Waals surface area contributed by atoms with Gasteiger partial charge < -0.3 is 9.47 Å². The molecule has 5 saturated heterocycles. The van der Waals surface area contributed by atoms with Crippen molar-refractivity contribution in [1.82, 2.24) is 10.2 Å². The summed E-state index contributed by atoms with van der Waals surface area (Å²) in [5.74, 6) is 0.732. The van der Waals surface area contributed by atoms with Gasteiger partial charge in [-0.15, -0.1) is 0 Å². The van der Waals surface area contributed by atoms with Gasteiger partial charge in [0.25, 0.3) is 0 Å². The Kier molecular flexibility index (Phi) is 1.96. The van der Waals surface area contributed by atoms with Gasteiger partial charge in [0.05, 0.1) is 25.2 Å². The molecule has 0 aliphatic carbocycles. The summed E-state index contributed by atoms with van der Waals surface area (Å²) in [5.41, 5.74) is 0.286. The van der Waals surface area contributed by atoms with Crippen molar-refractivity contribution < 1.29 is 9.47 Å².